The highest BCUT2D eigenvalue weighted by molar-refractivity contribution is 14.0. The van der Waals surface area contributed by atoms with Crippen LogP contribution in [0.25, 0.3) is 0 Å². The van der Waals surface area contributed by atoms with Crippen LogP contribution in [0, 0.1) is 0 Å². The maximum Gasteiger partial charge on any atom is 0.191 e. The smallest absolute Gasteiger partial charge is 0.191 e. The van der Waals surface area contributed by atoms with Crippen molar-refractivity contribution < 1.29 is 0 Å². The maximum absolute atomic E-state index is 4.26. The predicted molar refractivity (Wildman–Crippen MR) is 114 cm³/mol. The van der Waals surface area contributed by atoms with Gasteiger partial charge in [0.1, 0.15) is 0 Å². The van der Waals surface area contributed by atoms with Crippen LogP contribution < -0.4 is 10.6 Å². The number of benzene rings is 1. The quantitative estimate of drug-likeness (QED) is 0.277. The van der Waals surface area contributed by atoms with Crippen LogP contribution in [-0.2, 0) is 19.6 Å². The van der Waals surface area contributed by atoms with E-state index in [9.17, 15) is 0 Å². The number of nitrogens with zero attached hydrogens (tertiary/aromatic N) is 4. The van der Waals surface area contributed by atoms with Gasteiger partial charge in [0, 0.05) is 45.6 Å². The van der Waals surface area contributed by atoms with Crippen molar-refractivity contribution in [2.45, 2.75) is 26.1 Å². The van der Waals surface area contributed by atoms with Crippen molar-refractivity contribution in [2.75, 3.05) is 27.7 Å². The summed E-state index contributed by atoms with van der Waals surface area (Å²) >= 11 is 0. The van der Waals surface area contributed by atoms with Gasteiger partial charge in [0.15, 0.2) is 5.96 Å². The molecule has 2 rings (SSSR count). The summed E-state index contributed by atoms with van der Waals surface area (Å²) in [5.74, 6) is 0.827. The van der Waals surface area contributed by atoms with E-state index in [2.05, 4.69) is 64.0 Å². The molecule has 0 aliphatic heterocycles. The average Bonchev–Trinajstić information content (AvgIpc) is 3.08. The molecule has 7 heteroatoms. The zero-order valence-electron chi connectivity index (χ0n) is 15.3. The molecule has 0 radical (unpaired) electrons. The van der Waals surface area contributed by atoms with E-state index in [0.717, 1.165) is 38.6 Å². The molecule has 0 bridgehead atoms. The summed E-state index contributed by atoms with van der Waals surface area (Å²) in [5.41, 5.74) is 2.57. The van der Waals surface area contributed by atoms with Crippen LogP contribution in [0.5, 0.6) is 0 Å². The minimum atomic E-state index is 0. The minimum Gasteiger partial charge on any atom is -0.356 e. The number of hydrogen-bond donors (Lipinski definition) is 2. The van der Waals surface area contributed by atoms with Crippen molar-refractivity contribution in [3.8, 4) is 0 Å². The Bertz CT molecular complexity index is 607. The number of halogens is 1. The molecule has 0 spiro atoms. The van der Waals surface area contributed by atoms with E-state index in [0.29, 0.717) is 0 Å². The monoisotopic (exact) mass is 456 g/mol. The first kappa shape index (κ1) is 21.4. The summed E-state index contributed by atoms with van der Waals surface area (Å²) in [5, 5.41) is 10.9. The van der Waals surface area contributed by atoms with Crippen LogP contribution in [-0.4, -0.2) is 48.3 Å². The van der Waals surface area contributed by atoms with Gasteiger partial charge in [0.2, 0.25) is 0 Å². The van der Waals surface area contributed by atoms with Crippen molar-refractivity contribution in [1.29, 1.82) is 0 Å². The predicted octanol–water partition coefficient (Wildman–Crippen LogP) is 2.32. The molecule has 1 heterocycles. The third-order valence-electron chi connectivity index (χ3n) is 3.62. The fraction of sp³-hybridized carbons (Fsp3) is 0.444. The van der Waals surface area contributed by atoms with Crippen molar-refractivity contribution in [2.24, 2.45) is 4.99 Å². The lowest BCUT2D eigenvalue weighted by atomic mass is 10.1. The van der Waals surface area contributed by atoms with Gasteiger partial charge < -0.3 is 15.5 Å². The second kappa shape index (κ2) is 11.9. The summed E-state index contributed by atoms with van der Waals surface area (Å²) in [4.78, 5) is 6.43. The molecular formula is C18H29IN6. The van der Waals surface area contributed by atoms with Crippen LogP contribution in [0.15, 0.2) is 47.7 Å². The number of aryl methyl sites for hydroxylation is 1. The zero-order valence-corrected chi connectivity index (χ0v) is 17.6. The molecule has 2 N–H and O–H groups in total. The number of hydrogen-bond acceptors (Lipinski definition) is 3. The number of rotatable bonds is 8. The normalized spacial score (nSPS) is 11.3. The summed E-state index contributed by atoms with van der Waals surface area (Å²) < 4.78 is 1.94. The zero-order chi connectivity index (χ0) is 17.2. The first-order valence-electron chi connectivity index (χ1n) is 8.32. The Kier molecular flexibility index (Phi) is 10.2. The molecule has 0 aliphatic carbocycles. The first-order chi connectivity index (χ1) is 11.7. The fourth-order valence-corrected chi connectivity index (χ4v) is 2.41. The van der Waals surface area contributed by atoms with E-state index in [4.69, 9.17) is 0 Å². The fourth-order valence-electron chi connectivity index (χ4n) is 2.41. The summed E-state index contributed by atoms with van der Waals surface area (Å²) in [6.07, 6.45) is 4.78. The van der Waals surface area contributed by atoms with Crippen molar-refractivity contribution in [3.63, 3.8) is 0 Å². The highest BCUT2D eigenvalue weighted by atomic mass is 127. The van der Waals surface area contributed by atoms with E-state index in [1.165, 1.54) is 11.1 Å². The summed E-state index contributed by atoms with van der Waals surface area (Å²) in [6.45, 7) is 3.50. The van der Waals surface area contributed by atoms with Crippen LogP contribution in [0.2, 0.25) is 0 Å². The third kappa shape index (κ3) is 8.35. The molecule has 138 valence electrons. The van der Waals surface area contributed by atoms with Crippen molar-refractivity contribution >= 4 is 29.9 Å². The first-order valence-corrected chi connectivity index (χ1v) is 8.32. The largest absolute Gasteiger partial charge is 0.356 e. The van der Waals surface area contributed by atoms with Gasteiger partial charge in [-0.1, -0.05) is 24.3 Å². The lowest BCUT2D eigenvalue weighted by Gasteiger charge is -2.13. The number of aromatic nitrogens is 2. The molecule has 0 amide bonds. The Labute approximate surface area is 167 Å². The lowest BCUT2D eigenvalue weighted by molar-refractivity contribution is 0.402. The van der Waals surface area contributed by atoms with E-state index in [1.54, 1.807) is 13.2 Å². The minimum absolute atomic E-state index is 0. The van der Waals surface area contributed by atoms with Crippen LogP contribution in [0.4, 0.5) is 0 Å². The van der Waals surface area contributed by atoms with E-state index in [1.807, 2.05) is 16.9 Å². The SMILES string of the molecule is CN=C(NCCCn1cccn1)NCc1ccc(CN(C)C)cc1.I. The molecule has 0 saturated heterocycles. The van der Waals surface area contributed by atoms with Crippen LogP contribution in [0.3, 0.4) is 0 Å². The standard InChI is InChI=1S/C18H28N6.HI/c1-19-18(20-10-4-12-24-13-5-11-22-24)21-14-16-6-8-17(9-7-16)15-23(2)3;/h5-9,11,13H,4,10,12,14-15H2,1-3H3,(H2,19,20,21);1H. The van der Waals surface area contributed by atoms with Crippen molar-refractivity contribution in [3.05, 3.63) is 53.9 Å². The second-order valence-electron chi connectivity index (χ2n) is 6.03. The molecule has 2 aromatic rings. The molecule has 1 aromatic carbocycles. The molecule has 0 fully saturated rings. The summed E-state index contributed by atoms with van der Waals surface area (Å²) in [6, 6.07) is 10.6. The number of aliphatic imine (C=N–C) groups is 1. The van der Waals surface area contributed by atoms with Gasteiger partial charge in [0.05, 0.1) is 0 Å². The Morgan fingerprint density at radius 2 is 1.88 bits per heavy atom. The van der Waals surface area contributed by atoms with E-state index < -0.39 is 0 Å². The molecule has 6 nitrogen and oxygen atoms in total. The van der Waals surface area contributed by atoms with Crippen LogP contribution >= 0.6 is 24.0 Å². The van der Waals surface area contributed by atoms with Gasteiger partial charge >= 0.3 is 0 Å². The van der Waals surface area contributed by atoms with Gasteiger partial charge in [-0.15, -0.1) is 24.0 Å². The molecule has 0 unspecified atom stereocenters. The molecular weight excluding hydrogens is 427 g/mol. The topological polar surface area (TPSA) is 57.5 Å². The lowest BCUT2D eigenvalue weighted by Crippen LogP contribution is -2.37. The Morgan fingerprint density at radius 3 is 2.48 bits per heavy atom. The molecule has 25 heavy (non-hydrogen) atoms. The number of guanidine groups is 1. The van der Waals surface area contributed by atoms with E-state index in [-0.39, 0.29) is 24.0 Å². The molecule has 0 aliphatic rings. The molecule has 0 saturated carbocycles. The average molecular weight is 456 g/mol. The Morgan fingerprint density at radius 1 is 1.16 bits per heavy atom. The highest BCUT2D eigenvalue weighted by Gasteiger charge is 2.00. The Hall–Kier alpha value is -1.61. The summed E-state index contributed by atoms with van der Waals surface area (Å²) in [7, 11) is 5.96. The molecule has 1 aromatic heterocycles. The van der Waals surface area contributed by atoms with Gasteiger partial charge in [0.25, 0.3) is 0 Å². The van der Waals surface area contributed by atoms with Gasteiger partial charge in [-0.05, 0) is 37.7 Å². The van der Waals surface area contributed by atoms with Gasteiger partial charge in [-0.25, -0.2) is 0 Å². The van der Waals surface area contributed by atoms with E-state index >= 15 is 0 Å². The van der Waals surface area contributed by atoms with Crippen LogP contribution in [0.1, 0.15) is 17.5 Å². The third-order valence-corrected chi connectivity index (χ3v) is 3.62. The molecule has 0 atom stereocenters. The number of nitrogens with one attached hydrogen (secondary N) is 2. The Balaban J connectivity index is 0.00000312. The maximum atomic E-state index is 4.26. The van der Waals surface area contributed by atoms with Crippen molar-refractivity contribution in [1.82, 2.24) is 25.3 Å². The van der Waals surface area contributed by atoms with Gasteiger partial charge in [-0.2, -0.15) is 5.10 Å². The highest BCUT2D eigenvalue weighted by Crippen LogP contribution is 2.05. The van der Waals surface area contributed by atoms with Gasteiger partial charge in [-0.3, -0.25) is 9.67 Å². The second-order valence-corrected chi connectivity index (χ2v) is 6.03.